The number of hydrogen-bond acceptors (Lipinski definition) is 8. The second-order valence-electron chi connectivity index (χ2n) is 6.88. The van der Waals surface area contributed by atoms with Crippen LogP contribution >= 0.6 is 24.8 Å². The van der Waals surface area contributed by atoms with Crippen LogP contribution in [0, 0.1) is 0 Å². The molecule has 2 fully saturated rings. The van der Waals surface area contributed by atoms with E-state index in [2.05, 4.69) is 35.8 Å². The number of pyridine rings is 1. The topological polar surface area (TPSA) is 115 Å². The molecule has 2 aromatic rings. The second kappa shape index (κ2) is 10.0. The molecule has 2 aromatic heterocycles. The van der Waals surface area contributed by atoms with Crippen LogP contribution < -0.4 is 20.9 Å². The SMILES string of the molecule is CNC(=O)c1cc(Nc2nccc(N3C[C@H]4CC[C@@H](C3)N4)n2)cc(CO)n1.Cl.Cl. The summed E-state index contributed by atoms with van der Waals surface area (Å²) in [6.45, 7) is 1.62. The zero-order valence-electron chi connectivity index (χ0n) is 16.0. The van der Waals surface area contributed by atoms with E-state index in [1.165, 1.54) is 19.9 Å². The van der Waals surface area contributed by atoms with Crippen molar-refractivity contribution >= 4 is 48.2 Å². The summed E-state index contributed by atoms with van der Waals surface area (Å²) in [4.78, 5) is 27.2. The lowest BCUT2D eigenvalue weighted by molar-refractivity contribution is 0.0957. The van der Waals surface area contributed by atoms with Crippen LogP contribution in [-0.2, 0) is 6.61 Å². The fourth-order valence-corrected chi connectivity index (χ4v) is 3.68. The normalized spacial score (nSPS) is 19.7. The van der Waals surface area contributed by atoms with Crippen LogP contribution in [0.2, 0.25) is 0 Å². The second-order valence-corrected chi connectivity index (χ2v) is 6.88. The minimum absolute atomic E-state index is 0. The molecule has 2 atom stereocenters. The molecule has 2 saturated heterocycles. The molecule has 0 spiro atoms. The molecule has 2 bridgehead atoms. The Morgan fingerprint density at radius 1 is 1.24 bits per heavy atom. The van der Waals surface area contributed by atoms with E-state index in [1.54, 1.807) is 18.3 Å². The van der Waals surface area contributed by atoms with Crippen LogP contribution in [0.4, 0.5) is 17.5 Å². The first kappa shape index (κ1) is 23.1. The van der Waals surface area contributed by atoms with Crippen molar-refractivity contribution in [1.29, 1.82) is 0 Å². The fraction of sp³-hybridized carbons (Fsp3) is 0.444. The molecule has 2 aliphatic heterocycles. The first-order chi connectivity index (χ1) is 13.1. The Hall–Kier alpha value is -2.20. The lowest BCUT2D eigenvalue weighted by Gasteiger charge is -2.33. The van der Waals surface area contributed by atoms with E-state index in [1.807, 2.05) is 6.07 Å². The summed E-state index contributed by atoms with van der Waals surface area (Å²) < 4.78 is 0. The molecule has 0 aliphatic carbocycles. The van der Waals surface area contributed by atoms with Gasteiger partial charge in [0.05, 0.1) is 12.3 Å². The molecule has 0 unspecified atom stereocenters. The molecule has 0 radical (unpaired) electrons. The van der Waals surface area contributed by atoms with Gasteiger partial charge in [-0.05, 0) is 31.0 Å². The monoisotopic (exact) mass is 441 g/mol. The largest absolute Gasteiger partial charge is 0.390 e. The molecule has 11 heteroatoms. The van der Waals surface area contributed by atoms with Crippen molar-refractivity contribution in [2.75, 3.05) is 30.4 Å². The average Bonchev–Trinajstić information content (AvgIpc) is 3.04. The summed E-state index contributed by atoms with van der Waals surface area (Å²) in [5.41, 5.74) is 1.22. The number of anilines is 3. The number of fused-ring (bicyclic) bond motifs is 2. The zero-order chi connectivity index (χ0) is 18.8. The fourth-order valence-electron chi connectivity index (χ4n) is 3.68. The molecule has 2 aliphatic rings. The van der Waals surface area contributed by atoms with E-state index in [-0.39, 0.29) is 43.0 Å². The Morgan fingerprint density at radius 3 is 2.62 bits per heavy atom. The molecule has 158 valence electrons. The van der Waals surface area contributed by atoms with Gasteiger partial charge >= 0.3 is 0 Å². The summed E-state index contributed by atoms with van der Waals surface area (Å²) in [6, 6.07) is 6.25. The summed E-state index contributed by atoms with van der Waals surface area (Å²) in [5.74, 6) is 1.00. The number of nitrogens with one attached hydrogen (secondary N) is 3. The predicted molar refractivity (Wildman–Crippen MR) is 116 cm³/mol. The van der Waals surface area contributed by atoms with E-state index < -0.39 is 0 Å². The minimum Gasteiger partial charge on any atom is -0.390 e. The standard InChI is InChI=1S/C18H23N7O2.2ClH/c1-19-17(27)15-7-13(6-14(10-26)22-15)23-18-20-5-4-16(24-18)25-8-11-2-3-12(9-25)21-11;;/h4-7,11-12,21,26H,2-3,8-10H2,1H3,(H,19,27)(H,20,22,23,24);2*1H/t11-,12+;;. The van der Waals surface area contributed by atoms with Gasteiger partial charge in [0.2, 0.25) is 5.95 Å². The Morgan fingerprint density at radius 2 is 1.97 bits per heavy atom. The van der Waals surface area contributed by atoms with E-state index in [4.69, 9.17) is 0 Å². The van der Waals surface area contributed by atoms with Gasteiger partial charge in [-0.2, -0.15) is 4.98 Å². The van der Waals surface area contributed by atoms with Gasteiger partial charge in [-0.25, -0.2) is 9.97 Å². The van der Waals surface area contributed by atoms with E-state index >= 15 is 0 Å². The lowest BCUT2D eigenvalue weighted by atomic mass is 10.2. The highest BCUT2D eigenvalue weighted by Gasteiger charge is 2.32. The van der Waals surface area contributed by atoms with Gasteiger partial charge in [0.1, 0.15) is 11.5 Å². The van der Waals surface area contributed by atoms with E-state index in [9.17, 15) is 9.90 Å². The molecule has 1 amide bonds. The van der Waals surface area contributed by atoms with E-state index in [0.717, 1.165) is 18.9 Å². The third-order valence-electron chi connectivity index (χ3n) is 4.94. The maximum Gasteiger partial charge on any atom is 0.269 e. The van der Waals surface area contributed by atoms with Crippen LogP contribution in [0.25, 0.3) is 0 Å². The molecule has 29 heavy (non-hydrogen) atoms. The van der Waals surface area contributed by atoms with Crippen LogP contribution in [-0.4, -0.2) is 58.2 Å². The number of rotatable bonds is 5. The number of carbonyl (C=O) groups excluding carboxylic acids is 1. The van der Waals surface area contributed by atoms with Crippen molar-refractivity contribution < 1.29 is 9.90 Å². The van der Waals surface area contributed by atoms with Gasteiger partial charge in [-0.15, -0.1) is 24.8 Å². The van der Waals surface area contributed by atoms with Crippen LogP contribution in [0.3, 0.4) is 0 Å². The first-order valence-electron chi connectivity index (χ1n) is 9.09. The molecule has 9 nitrogen and oxygen atoms in total. The molecule has 4 rings (SSSR count). The highest BCUT2D eigenvalue weighted by atomic mass is 35.5. The molecular formula is C18H25Cl2N7O2. The summed E-state index contributed by atoms with van der Waals surface area (Å²) >= 11 is 0. The third-order valence-corrected chi connectivity index (χ3v) is 4.94. The quantitative estimate of drug-likeness (QED) is 0.547. The predicted octanol–water partition coefficient (Wildman–Crippen LogP) is 1.25. The number of halogens is 2. The number of aliphatic hydroxyl groups excluding tert-OH is 1. The minimum atomic E-state index is -0.320. The Labute approximate surface area is 181 Å². The first-order valence-corrected chi connectivity index (χ1v) is 9.09. The van der Waals surface area contributed by atoms with Crippen molar-refractivity contribution in [2.45, 2.75) is 31.5 Å². The van der Waals surface area contributed by atoms with Gasteiger partial charge in [0.25, 0.3) is 5.91 Å². The van der Waals surface area contributed by atoms with Crippen LogP contribution in [0.15, 0.2) is 24.4 Å². The van der Waals surface area contributed by atoms with E-state index in [0.29, 0.717) is 29.4 Å². The number of aliphatic hydroxyl groups is 1. The Kier molecular flexibility index (Phi) is 7.97. The van der Waals surface area contributed by atoms with Crippen molar-refractivity contribution in [1.82, 2.24) is 25.6 Å². The van der Waals surface area contributed by atoms with Gasteiger partial charge in [0, 0.05) is 44.1 Å². The Bertz CT molecular complexity index is 843. The maximum absolute atomic E-state index is 11.9. The average molecular weight is 442 g/mol. The molecular weight excluding hydrogens is 417 g/mol. The number of amides is 1. The lowest BCUT2D eigenvalue weighted by Crippen LogP contribution is -2.51. The molecule has 4 N–H and O–H groups in total. The summed E-state index contributed by atoms with van der Waals surface area (Å²) in [5, 5.41) is 18.7. The Balaban J connectivity index is 0.00000150. The summed E-state index contributed by atoms with van der Waals surface area (Å²) in [7, 11) is 1.54. The van der Waals surface area contributed by atoms with Gasteiger partial charge < -0.3 is 26.0 Å². The molecule has 0 aromatic carbocycles. The van der Waals surface area contributed by atoms with Crippen LogP contribution in [0.1, 0.15) is 29.0 Å². The number of carbonyl (C=O) groups is 1. The van der Waals surface area contributed by atoms with Crippen molar-refractivity contribution in [2.24, 2.45) is 0 Å². The van der Waals surface area contributed by atoms with Gasteiger partial charge in [-0.3, -0.25) is 4.79 Å². The number of hydrogen-bond donors (Lipinski definition) is 4. The smallest absolute Gasteiger partial charge is 0.269 e. The van der Waals surface area contributed by atoms with Gasteiger partial charge in [0.15, 0.2) is 0 Å². The highest BCUT2D eigenvalue weighted by Crippen LogP contribution is 2.25. The maximum atomic E-state index is 11.9. The number of aromatic nitrogens is 3. The number of nitrogens with zero attached hydrogens (tertiary/aromatic N) is 4. The third kappa shape index (κ3) is 5.24. The van der Waals surface area contributed by atoms with Gasteiger partial charge in [-0.1, -0.05) is 0 Å². The van der Waals surface area contributed by atoms with Crippen molar-refractivity contribution in [3.05, 3.63) is 35.8 Å². The van der Waals surface area contributed by atoms with Crippen LogP contribution in [0.5, 0.6) is 0 Å². The van der Waals surface area contributed by atoms with Crippen molar-refractivity contribution in [3.8, 4) is 0 Å². The van der Waals surface area contributed by atoms with Crippen molar-refractivity contribution in [3.63, 3.8) is 0 Å². The zero-order valence-corrected chi connectivity index (χ0v) is 17.6. The highest BCUT2D eigenvalue weighted by molar-refractivity contribution is 5.93. The summed E-state index contributed by atoms with van der Waals surface area (Å²) in [6.07, 6.45) is 4.14. The number of piperazine rings is 1. The molecule has 0 saturated carbocycles. The molecule has 4 heterocycles.